The second-order valence-corrected chi connectivity index (χ2v) is 6.19. The fourth-order valence-corrected chi connectivity index (χ4v) is 3.05. The summed E-state index contributed by atoms with van der Waals surface area (Å²) in [4.78, 5) is 20.6. The first kappa shape index (κ1) is 16.2. The fourth-order valence-electron chi connectivity index (χ4n) is 3.05. The van der Waals surface area contributed by atoms with Crippen molar-refractivity contribution in [2.45, 2.75) is 12.8 Å². The molecule has 0 atom stereocenters. The van der Waals surface area contributed by atoms with Gasteiger partial charge in [-0.3, -0.25) is 9.69 Å². The zero-order valence-corrected chi connectivity index (χ0v) is 13.5. The van der Waals surface area contributed by atoms with Crippen molar-refractivity contribution in [2.75, 3.05) is 52.5 Å². The van der Waals surface area contributed by atoms with Gasteiger partial charge in [0, 0.05) is 25.4 Å². The van der Waals surface area contributed by atoms with Gasteiger partial charge in [-0.1, -0.05) is 6.07 Å². The number of hydrogen-bond donors (Lipinski definition) is 0. The Morgan fingerprint density at radius 1 is 1.22 bits per heavy atom. The minimum absolute atomic E-state index is 0.233. The largest absolute Gasteiger partial charge is 0.477 e. The number of nitrogens with zero attached hydrogens (tertiary/aromatic N) is 3. The molecule has 126 valence electrons. The van der Waals surface area contributed by atoms with E-state index in [2.05, 4.69) is 9.88 Å². The Morgan fingerprint density at radius 3 is 2.70 bits per heavy atom. The van der Waals surface area contributed by atoms with Crippen LogP contribution in [0.2, 0.25) is 0 Å². The molecule has 23 heavy (non-hydrogen) atoms. The molecule has 2 fully saturated rings. The monoisotopic (exact) mass is 319 g/mol. The van der Waals surface area contributed by atoms with Crippen LogP contribution in [0.4, 0.5) is 0 Å². The van der Waals surface area contributed by atoms with Crippen LogP contribution in [0, 0.1) is 5.92 Å². The van der Waals surface area contributed by atoms with E-state index >= 15 is 0 Å². The van der Waals surface area contributed by atoms with E-state index in [-0.39, 0.29) is 5.91 Å². The number of aromatic nitrogens is 1. The lowest BCUT2D eigenvalue weighted by molar-refractivity contribution is -0.136. The lowest BCUT2D eigenvalue weighted by Crippen LogP contribution is -2.47. The molecule has 0 aliphatic carbocycles. The van der Waals surface area contributed by atoms with Crippen LogP contribution in [0.25, 0.3) is 0 Å². The van der Waals surface area contributed by atoms with Gasteiger partial charge in [-0.05, 0) is 37.9 Å². The van der Waals surface area contributed by atoms with Crippen LogP contribution in [0.5, 0.6) is 5.88 Å². The standard InChI is InChI=1S/C17H25N3O3/c21-17(20-9-11-22-12-10-20)13-19-7-4-15(5-8-19)14-23-16-3-1-2-6-18-16/h1-3,6,15H,4-5,7-14H2. The molecule has 3 heterocycles. The maximum atomic E-state index is 12.3. The summed E-state index contributed by atoms with van der Waals surface area (Å²) in [6.07, 6.45) is 3.89. The first-order valence-corrected chi connectivity index (χ1v) is 8.43. The third-order valence-electron chi connectivity index (χ3n) is 4.53. The highest BCUT2D eigenvalue weighted by Gasteiger charge is 2.24. The zero-order chi connectivity index (χ0) is 15.9. The molecule has 2 aliphatic heterocycles. The zero-order valence-electron chi connectivity index (χ0n) is 13.5. The molecular weight excluding hydrogens is 294 g/mol. The van der Waals surface area contributed by atoms with E-state index in [1.165, 1.54) is 0 Å². The molecular formula is C17H25N3O3. The van der Waals surface area contributed by atoms with Gasteiger partial charge in [0.1, 0.15) is 0 Å². The van der Waals surface area contributed by atoms with Gasteiger partial charge < -0.3 is 14.4 Å². The topological polar surface area (TPSA) is 54.9 Å². The Balaban J connectivity index is 1.36. The van der Waals surface area contributed by atoms with Gasteiger partial charge >= 0.3 is 0 Å². The van der Waals surface area contributed by atoms with E-state index in [1.54, 1.807) is 6.20 Å². The molecule has 0 unspecified atom stereocenters. The second kappa shape index (κ2) is 8.26. The average molecular weight is 319 g/mol. The van der Waals surface area contributed by atoms with E-state index in [1.807, 2.05) is 23.1 Å². The maximum absolute atomic E-state index is 12.3. The van der Waals surface area contributed by atoms with E-state index in [9.17, 15) is 4.79 Å². The van der Waals surface area contributed by atoms with Crippen LogP contribution < -0.4 is 4.74 Å². The summed E-state index contributed by atoms with van der Waals surface area (Å²) in [7, 11) is 0. The highest BCUT2D eigenvalue weighted by atomic mass is 16.5. The summed E-state index contributed by atoms with van der Waals surface area (Å²) in [5, 5.41) is 0. The van der Waals surface area contributed by atoms with Gasteiger partial charge in [0.05, 0.1) is 26.4 Å². The molecule has 0 aromatic carbocycles. The summed E-state index contributed by atoms with van der Waals surface area (Å²) < 4.78 is 11.0. The molecule has 2 aliphatic rings. The Labute approximate surface area is 137 Å². The molecule has 0 N–H and O–H groups in total. The third-order valence-corrected chi connectivity index (χ3v) is 4.53. The number of piperidine rings is 1. The number of pyridine rings is 1. The van der Waals surface area contributed by atoms with E-state index in [0.717, 1.165) is 39.0 Å². The average Bonchev–Trinajstić information content (AvgIpc) is 2.63. The van der Waals surface area contributed by atoms with Crippen LogP contribution in [0.1, 0.15) is 12.8 Å². The van der Waals surface area contributed by atoms with Gasteiger partial charge in [0.2, 0.25) is 11.8 Å². The number of carbonyl (C=O) groups excluding carboxylic acids is 1. The summed E-state index contributed by atoms with van der Waals surface area (Å²) in [6, 6.07) is 5.70. The first-order valence-electron chi connectivity index (χ1n) is 8.43. The highest BCUT2D eigenvalue weighted by Crippen LogP contribution is 2.18. The smallest absolute Gasteiger partial charge is 0.236 e. The third kappa shape index (κ3) is 4.91. The Morgan fingerprint density at radius 2 is 2.00 bits per heavy atom. The van der Waals surface area contributed by atoms with Crippen molar-refractivity contribution in [1.82, 2.24) is 14.8 Å². The number of amides is 1. The second-order valence-electron chi connectivity index (χ2n) is 6.19. The van der Waals surface area contributed by atoms with Gasteiger partial charge in [-0.15, -0.1) is 0 Å². The number of ether oxygens (including phenoxy) is 2. The Hall–Kier alpha value is -1.66. The normalized spacial score (nSPS) is 20.4. The molecule has 0 saturated carbocycles. The summed E-state index contributed by atoms with van der Waals surface area (Å²) >= 11 is 0. The number of hydrogen-bond acceptors (Lipinski definition) is 5. The van der Waals surface area contributed by atoms with Crippen LogP contribution in [-0.2, 0) is 9.53 Å². The van der Waals surface area contributed by atoms with E-state index in [4.69, 9.17) is 9.47 Å². The molecule has 1 amide bonds. The maximum Gasteiger partial charge on any atom is 0.236 e. The summed E-state index contributed by atoms with van der Waals surface area (Å²) in [5.74, 6) is 1.47. The Bertz CT molecular complexity index is 483. The quantitative estimate of drug-likeness (QED) is 0.811. The molecule has 6 nitrogen and oxygen atoms in total. The van der Waals surface area contributed by atoms with Crippen molar-refractivity contribution in [3.63, 3.8) is 0 Å². The van der Waals surface area contributed by atoms with Crippen molar-refractivity contribution in [1.29, 1.82) is 0 Å². The number of carbonyl (C=O) groups is 1. The van der Waals surface area contributed by atoms with Crippen LogP contribution in [0.3, 0.4) is 0 Å². The lowest BCUT2D eigenvalue weighted by atomic mass is 9.98. The van der Waals surface area contributed by atoms with Crippen LogP contribution in [0.15, 0.2) is 24.4 Å². The molecule has 6 heteroatoms. The fraction of sp³-hybridized carbons (Fsp3) is 0.647. The Kier molecular flexibility index (Phi) is 5.82. The van der Waals surface area contributed by atoms with Gasteiger partial charge in [0.25, 0.3) is 0 Å². The van der Waals surface area contributed by atoms with Crippen molar-refractivity contribution < 1.29 is 14.3 Å². The molecule has 1 aromatic rings. The highest BCUT2D eigenvalue weighted by molar-refractivity contribution is 5.78. The van der Waals surface area contributed by atoms with Gasteiger partial charge in [-0.25, -0.2) is 4.98 Å². The van der Waals surface area contributed by atoms with Gasteiger partial charge in [-0.2, -0.15) is 0 Å². The molecule has 0 bridgehead atoms. The van der Waals surface area contributed by atoms with Gasteiger partial charge in [0.15, 0.2) is 0 Å². The summed E-state index contributed by atoms with van der Waals surface area (Å²) in [6.45, 7) is 5.96. The predicted molar refractivity (Wildman–Crippen MR) is 86.3 cm³/mol. The molecule has 3 rings (SSSR count). The van der Waals surface area contributed by atoms with E-state index in [0.29, 0.717) is 38.2 Å². The molecule has 2 saturated heterocycles. The minimum atomic E-state index is 0.233. The van der Waals surface area contributed by atoms with Crippen LogP contribution >= 0.6 is 0 Å². The number of morpholine rings is 1. The van der Waals surface area contributed by atoms with Crippen molar-refractivity contribution >= 4 is 5.91 Å². The molecule has 0 spiro atoms. The van der Waals surface area contributed by atoms with Crippen molar-refractivity contribution in [3.8, 4) is 5.88 Å². The van der Waals surface area contributed by atoms with E-state index < -0.39 is 0 Å². The predicted octanol–water partition coefficient (Wildman–Crippen LogP) is 1.03. The SMILES string of the molecule is O=C(CN1CCC(COc2ccccn2)CC1)N1CCOCC1. The lowest BCUT2D eigenvalue weighted by Gasteiger charge is -2.34. The molecule has 1 aromatic heterocycles. The number of likely N-dealkylation sites (tertiary alicyclic amines) is 1. The number of rotatable bonds is 5. The minimum Gasteiger partial charge on any atom is -0.477 e. The first-order chi connectivity index (χ1) is 11.3. The summed E-state index contributed by atoms with van der Waals surface area (Å²) in [5.41, 5.74) is 0. The van der Waals surface area contributed by atoms with Crippen molar-refractivity contribution in [3.05, 3.63) is 24.4 Å². The van der Waals surface area contributed by atoms with Crippen LogP contribution in [-0.4, -0.2) is 73.2 Å². The van der Waals surface area contributed by atoms with Crippen molar-refractivity contribution in [2.24, 2.45) is 5.92 Å². The molecule has 0 radical (unpaired) electrons.